The number of fused-ring (bicyclic) bond motifs is 1. The van der Waals surface area contributed by atoms with E-state index in [1.165, 1.54) is 6.07 Å². The maximum Gasteiger partial charge on any atom is 0.349 e. The third-order valence-electron chi connectivity index (χ3n) is 3.78. The standard InChI is InChI=1S/C21H20N2O4/c1-21(2,3)23-18(24)13-8-10-15(11-9-13)22-19(25)16-12-14-6-4-5-7-17(14)27-20(16)26/h4-12H,1-3H3,(H,22,25)(H,23,24). The van der Waals surface area contributed by atoms with E-state index >= 15 is 0 Å². The molecule has 1 aromatic heterocycles. The lowest BCUT2D eigenvalue weighted by Gasteiger charge is -2.20. The van der Waals surface area contributed by atoms with Crippen LogP contribution in [0.25, 0.3) is 11.0 Å². The first-order valence-corrected chi connectivity index (χ1v) is 8.50. The Kier molecular flexibility index (Phi) is 4.81. The number of para-hydroxylation sites is 1. The first-order valence-electron chi connectivity index (χ1n) is 8.50. The van der Waals surface area contributed by atoms with Crippen molar-refractivity contribution >= 4 is 28.5 Å². The molecule has 0 aliphatic rings. The van der Waals surface area contributed by atoms with Crippen LogP contribution < -0.4 is 16.3 Å². The zero-order chi connectivity index (χ0) is 19.6. The Morgan fingerprint density at radius 2 is 1.59 bits per heavy atom. The molecule has 2 amide bonds. The van der Waals surface area contributed by atoms with Gasteiger partial charge in [0.1, 0.15) is 11.1 Å². The second-order valence-electron chi connectivity index (χ2n) is 7.22. The van der Waals surface area contributed by atoms with Crippen molar-refractivity contribution in [1.29, 1.82) is 0 Å². The van der Waals surface area contributed by atoms with E-state index in [9.17, 15) is 14.4 Å². The molecule has 2 N–H and O–H groups in total. The predicted octanol–water partition coefficient (Wildman–Crippen LogP) is 3.57. The smallest absolute Gasteiger partial charge is 0.349 e. The summed E-state index contributed by atoms with van der Waals surface area (Å²) in [6.07, 6.45) is 0. The summed E-state index contributed by atoms with van der Waals surface area (Å²) < 4.78 is 5.18. The molecule has 0 atom stereocenters. The number of amides is 2. The second-order valence-corrected chi connectivity index (χ2v) is 7.22. The van der Waals surface area contributed by atoms with Gasteiger partial charge >= 0.3 is 5.63 Å². The molecule has 3 aromatic rings. The highest BCUT2D eigenvalue weighted by Gasteiger charge is 2.16. The Bertz CT molecular complexity index is 1060. The molecular formula is C21H20N2O4. The predicted molar refractivity (Wildman–Crippen MR) is 104 cm³/mol. The van der Waals surface area contributed by atoms with Gasteiger partial charge in [0, 0.05) is 22.2 Å². The molecule has 0 spiro atoms. The van der Waals surface area contributed by atoms with Crippen molar-refractivity contribution in [2.24, 2.45) is 0 Å². The average Bonchev–Trinajstić information content (AvgIpc) is 2.60. The van der Waals surface area contributed by atoms with Crippen LogP contribution in [0.1, 0.15) is 41.5 Å². The molecule has 27 heavy (non-hydrogen) atoms. The Hall–Kier alpha value is -3.41. The summed E-state index contributed by atoms with van der Waals surface area (Å²) in [6.45, 7) is 5.69. The Labute approximate surface area is 156 Å². The van der Waals surface area contributed by atoms with Crippen LogP contribution in [0, 0.1) is 0 Å². The van der Waals surface area contributed by atoms with Crippen molar-refractivity contribution in [2.45, 2.75) is 26.3 Å². The lowest BCUT2D eigenvalue weighted by molar-refractivity contribution is 0.0919. The molecule has 0 bridgehead atoms. The lowest BCUT2D eigenvalue weighted by Crippen LogP contribution is -2.40. The van der Waals surface area contributed by atoms with Gasteiger partial charge in [0.05, 0.1) is 0 Å². The minimum absolute atomic E-state index is 0.0803. The van der Waals surface area contributed by atoms with Crippen LogP contribution >= 0.6 is 0 Å². The molecule has 0 saturated heterocycles. The lowest BCUT2D eigenvalue weighted by atomic mass is 10.1. The minimum Gasteiger partial charge on any atom is -0.422 e. The molecule has 6 heteroatoms. The Balaban J connectivity index is 1.77. The van der Waals surface area contributed by atoms with E-state index in [0.717, 1.165) is 0 Å². The monoisotopic (exact) mass is 364 g/mol. The molecule has 138 valence electrons. The van der Waals surface area contributed by atoms with Crippen molar-refractivity contribution in [3.05, 3.63) is 76.1 Å². The van der Waals surface area contributed by atoms with Crippen LogP contribution in [-0.2, 0) is 0 Å². The SMILES string of the molecule is CC(C)(C)NC(=O)c1ccc(NC(=O)c2cc3ccccc3oc2=O)cc1. The van der Waals surface area contributed by atoms with E-state index in [0.29, 0.717) is 22.2 Å². The van der Waals surface area contributed by atoms with E-state index in [4.69, 9.17) is 4.42 Å². The van der Waals surface area contributed by atoms with E-state index in [1.54, 1.807) is 48.5 Å². The summed E-state index contributed by atoms with van der Waals surface area (Å²) in [5, 5.41) is 6.18. The van der Waals surface area contributed by atoms with Crippen molar-refractivity contribution in [1.82, 2.24) is 5.32 Å². The number of nitrogens with one attached hydrogen (secondary N) is 2. The summed E-state index contributed by atoms with van der Waals surface area (Å²) >= 11 is 0. The van der Waals surface area contributed by atoms with Gasteiger partial charge in [0.15, 0.2) is 0 Å². The molecular weight excluding hydrogens is 344 g/mol. The maximum absolute atomic E-state index is 12.4. The number of hydrogen-bond donors (Lipinski definition) is 2. The zero-order valence-corrected chi connectivity index (χ0v) is 15.3. The van der Waals surface area contributed by atoms with Crippen LogP contribution in [0.4, 0.5) is 5.69 Å². The fourth-order valence-corrected chi connectivity index (χ4v) is 2.54. The van der Waals surface area contributed by atoms with Crippen LogP contribution in [0.3, 0.4) is 0 Å². The first-order chi connectivity index (χ1) is 12.7. The number of benzene rings is 2. The van der Waals surface area contributed by atoms with Gasteiger partial charge in [-0.05, 0) is 57.2 Å². The molecule has 6 nitrogen and oxygen atoms in total. The van der Waals surface area contributed by atoms with Crippen LogP contribution in [0.5, 0.6) is 0 Å². The second kappa shape index (κ2) is 7.07. The van der Waals surface area contributed by atoms with Gasteiger partial charge < -0.3 is 15.1 Å². The van der Waals surface area contributed by atoms with Gasteiger partial charge in [0.2, 0.25) is 0 Å². The topological polar surface area (TPSA) is 88.4 Å². The summed E-state index contributed by atoms with van der Waals surface area (Å²) in [5.41, 5.74) is 0.255. The summed E-state index contributed by atoms with van der Waals surface area (Å²) in [6, 6.07) is 14.9. The van der Waals surface area contributed by atoms with Crippen LogP contribution in [0.2, 0.25) is 0 Å². The first kappa shape index (κ1) is 18.4. The molecule has 0 fully saturated rings. The summed E-state index contributed by atoms with van der Waals surface area (Å²) in [5.74, 6) is -0.767. The highest BCUT2D eigenvalue weighted by molar-refractivity contribution is 6.05. The van der Waals surface area contributed by atoms with Crippen LogP contribution in [0.15, 0.2) is 63.8 Å². The third-order valence-corrected chi connectivity index (χ3v) is 3.78. The van der Waals surface area contributed by atoms with Gasteiger partial charge in [-0.15, -0.1) is 0 Å². The fourth-order valence-electron chi connectivity index (χ4n) is 2.54. The van der Waals surface area contributed by atoms with Crippen LogP contribution in [-0.4, -0.2) is 17.4 Å². The molecule has 0 aliphatic heterocycles. The number of carbonyl (C=O) groups excluding carboxylic acids is 2. The molecule has 3 rings (SSSR count). The average molecular weight is 364 g/mol. The number of anilines is 1. The van der Waals surface area contributed by atoms with Gasteiger partial charge in [-0.1, -0.05) is 18.2 Å². The molecule has 1 heterocycles. The molecule has 0 saturated carbocycles. The summed E-state index contributed by atoms with van der Waals surface area (Å²) in [7, 11) is 0. The van der Waals surface area contributed by atoms with E-state index in [-0.39, 0.29) is 17.0 Å². The Morgan fingerprint density at radius 3 is 2.26 bits per heavy atom. The summed E-state index contributed by atoms with van der Waals surface area (Å²) in [4.78, 5) is 36.6. The molecule has 0 radical (unpaired) electrons. The van der Waals surface area contributed by atoms with Gasteiger partial charge in [0.25, 0.3) is 11.8 Å². The maximum atomic E-state index is 12.4. The minimum atomic E-state index is -0.702. The zero-order valence-electron chi connectivity index (χ0n) is 15.3. The van der Waals surface area contributed by atoms with Gasteiger partial charge in [-0.2, -0.15) is 0 Å². The van der Waals surface area contributed by atoms with E-state index < -0.39 is 11.5 Å². The normalized spacial score (nSPS) is 11.2. The largest absolute Gasteiger partial charge is 0.422 e. The molecule has 2 aromatic carbocycles. The third kappa shape index (κ3) is 4.41. The van der Waals surface area contributed by atoms with E-state index in [1.807, 2.05) is 20.8 Å². The number of carbonyl (C=O) groups is 2. The number of rotatable bonds is 3. The quantitative estimate of drug-likeness (QED) is 0.696. The van der Waals surface area contributed by atoms with Gasteiger partial charge in [-0.25, -0.2) is 4.79 Å². The van der Waals surface area contributed by atoms with Gasteiger partial charge in [-0.3, -0.25) is 9.59 Å². The van der Waals surface area contributed by atoms with Crippen molar-refractivity contribution in [3.8, 4) is 0 Å². The number of hydrogen-bond acceptors (Lipinski definition) is 4. The highest BCUT2D eigenvalue weighted by atomic mass is 16.4. The fraction of sp³-hybridized carbons (Fsp3) is 0.190. The highest BCUT2D eigenvalue weighted by Crippen LogP contribution is 2.15. The van der Waals surface area contributed by atoms with Crippen molar-refractivity contribution in [3.63, 3.8) is 0 Å². The van der Waals surface area contributed by atoms with E-state index in [2.05, 4.69) is 10.6 Å². The molecule has 0 unspecified atom stereocenters. The Morgan fingerprint density at radius 1 is 0.926 bits per heavy atom. The molecule has 0 aliphatic carbocycles. The van der Waals surface area contributed by atoms with Crippen molar-refractivity contribution < 1.29 is 14.0 Å². The van der Waals surface area contributed by atoms with Crippen molar-refractivity contribution in [2.75, 3.05) is 5.32 Å².